The van der Waals surface area contributed by atoms with Crippen LogP contribution in [-0.2, 0) is 9.24 Å². The number of hydrogen-bond donors (Lipinski definition) is 0. The molecule has 2 aliphatic rings. The third kappa shape index (κ3) is 2.27. The largest absolute Gasteiger partial charge is 0.858 e. The van der Waals surface area contributed by atoms with E-state index in [0.717, 1.165) is 18.8 Å². The number of nitrogens with zero attached hydrogens (tertiary/aromatic N) is 1. The Bertz CT molecular complexity index is 457. The average molecular weight is 278 g/mol. The van der Waals surface area contributed by atoms with Gasteiger partial charge in [-0.15, -0.1) is 0 Å². The summed E-state index contributed by atoms with van der Waals surface area (Å²) in [4.78, 5) is 0. The van der Waals surface area contributed by atoms with Crippen molar-refractivity contribution in [3.63, 3.8) is 0 Å². The number of rotatable bonds is 2. The average Bonchev–Trinajstić information content (AvgIpc) is 2.65. The Morgan fingerprint density at radius 3 is 2.65 bits per heavy atom. The summed E-state index contributed by atoms with van der Waals surface area (Å²) in [6.07, 6.45) is 1.96. The van der Waals surface area contributed by atoms with Crippen LogP contribution in [0, 0.1) is 29.1 Å². The van der Waals surface area contributed by atoms with Crippen LogP contribution in [-0.4, -0.2) is 14.3 Å². The highest BCUT2D eigenvalue weighted by molar-refractivity contribution is 8.12. The summed E-state index contributed by atoms with van der Waals surface area (Å²) in [5.74, 6) is 0.806. The monoisotopic (exact) mass is 277 g/mol. The molecule has 96 valence electrons. The van der Waals surface area contributed by atoms with Crippen molar-refractivity contribution in [3.05, 3.63) is 5.92 Å². The summed E-state index contributed by atoms with van der Waals surface area (Å²) in [7, 11) is 0.899. The number of fused-ring (bicyclic) bond motifs is 1. The van der Waals surface area contributed by atoms with Gasteiger partial charge in [-0.3, -0.25) is 0 Å². The van der Waals surface area contributed by atoms with E-state index < -0.39 is 15.1 Å². The molecule has 4 nitrogen and oxygen atoms in total. The van der Waals surface area contributed by atoms with E-state index in [-0.39, 0.29) is 17.3 Å². The molecule has 2 saturated carbocycles. The summed E-state index contributed by atoms with van der Waals surface area (Å²) in [5, 5.41) is 11.9. The first-order valence-corrected chi connectivity index (χ1v) is 7.95. The molecule has 3 atom stereocenters. The second kappa shape index (κ2) is 3.79. The van der Waals surface area contributed by atoms with Crippen molar-refractivity contribution in [1.82, 2.24) is 0 Å². The van der Waals surface area contributed by atoms with Crippen LogP contribution in [0.1, 0.15) is 33.6 Å². The highest BCUT2D eigenvalue weighted by Crippen LogP contribution is 2.68. The van der Waals surface area contributed by atoms with Crippen LogP contribution in [0.4, 0.5) is 0 Å². The Morgan fingerprint density at radius 1 is 1.53 bits per heavy atom. The van der Waals surface area contributed by atoms with E-state index in [2.05, 4.69) is 18.2 Å². The van der Waals surface area contributed by atoms with Gasteiger partial charge in [0.15, 0.2) is 0 Å². The molecule has 17 heavy (non-hydrogen) atoms. The molecule has 0 aromatic rings. The minimum Gasteiger partial charge on any atom is -0.858 e. The third-order valence-electron chi connectivity index (χ3n) is 4.34. The van der Waals surface area contributed by atoms with E-state index in [0.29, 0.717) is 5.92 Å². The van der Waals surface area contributed by atoms with Crippen molar-refractivity contribution >= 4 is 25.8 Å². The molecule has 0 saturated heterocycles. The van der Waals surface area contributed by atoms with Crippen molar-refractivity contribution in [2.45, 2.75) is 33.6 Å². The highest BCUT2D eigenvalue weighted by atomic mass is 35.7. The van der Waals surface area contributed by atoms with Crippen LogP contribution in [0.25, 0.3) is 0 Å². The molecule has 2 fully saturated rings. The zero-order valence-electron chi connectivity index (χ0n) is 10.1. The van der Waals surface area contributed by atoms with Gasteiger partial charge in [0, 0.05) is 22.5 Å². The SMILES string of the molecule is C[C+]1CC[C@@H]2[C@H]([C@@H]1/C([O-])=N/S(=O)(=O)Cl)C2(C)C. The molecule has 0 heterocycles. The van der Waals surface area contributed by atoms with Gasteiger partial charge in [0.1, 0.15) is 5.92 Å². The highest BCUT2D eigenvalue weighted by Gasteiger charge is 2.67. The Morgan fingerprint density at radius 2 is 2.12 bits per heavy atom. The predicted molar refractivity (Wildman–Crippen MR) is 64.6 cm³/mol. The summed E-state index contributed by atoms with van der Waals surface area (Å²) in [6.45, 7) is 6.15. The molecule has 0 spiro atoms. The summed E-state index contributed by atoms with van der Waals surface area (Å²) in [6, 6.07) is 0. The zero-order chi connectivity index (χ0) is 13.0. The molecule has 0 aromatic carbocycles. The zero-order valence-corrected chi connectivity index (χ0v) is 11.7. The fourth-order valence-electron chi connectivity index (χ4n) is 3.37. The van der Waals surface area contributed by atoms with E-state index in [1.54, 1.807) is 0 Å². The van der Waals surface area contributed by atoms with Crippen LogP contribution in [0.15, 0.2) is 4.40 Å². The van der Waals surface area contributed by atoms with E-state index in [9.17, 15) is 13.5 Å². The van der Waals surface area contributed by atoms with Gasteiger partial charge in [-0.2, -0.15) is 12.8 Å². The normalized spacial score (nSPS) is 36.6. The minimum absolute atomic E-state index is 0.115. The number of halogens is 1. The van der Waals surface area contributed by atoms with Crippen molar-refractivity contribution in [3.8, 4) is 0 Å². The maximum Gasteiger partial charge on any atom is 0.339 e. The van der Waals surface area contributed by atoms with Gasteiger partial charge >= 0.3 is 9.24 Å². The van der Waals surface area contributed by atoms with Gasteiger partial charge in [-0.25, -0.2) is 0 Å². The van der Waals surface area contributed by atoms with Crippen molar-refractivity contribution in [2.75, 3.05) is 0 Å². The second-order valence-corrected chi connectivity index (χ2v) is 7.83. The molecule has 0 aromatic heterocycles. The van der Waals surface area contributed by atoms with Gasteiger partial charge in [0.2, 0.25) is 0 Å². The first kappa shape index (κ1) is 13.0. The van der Waals surface area contributed by atoms with Gasteiger partial charge < -0.3 is 5.11 Å². The number of hydrogen-bond acceptors (Lipinski definition) is 3. The maximum absolute atomic E-state index is 11.9. The van der Waals surface area contributed by atoms with Crippen LogP contribution in [0.2, 0.25) is 0 Å². The quantitative estimate of drug-likeness (QED) is 0.332. The summed E-state index contributed by atoms with van der Waals surface area (Å²) >= 11 is 0. The lowest BCUT2D eigenvalue weighted by Gasteiger charge is -2.24. The molecule has 0 radical (unpaired) electrons. The van der Waals surface area contributed by atoms with Gasteiger partial charge in [-0.1, -0.05) is 13.8 Å². The minimum atomic E-state index is -4.10. The van der Waals surface area contributed by atoms with Crippen molar-refractivity contribution < 1.29 is 13.5 Å². The Hall–Kier alpha value is -0.420. The van der Waals surface area contributed by atoms with Crippen LogP contribution >= 0.6 is 10.7 Å². The van der Waals surface area contributed by atoms with E-state index >= 15 is 0 Å². The first-order valence-electron chi connectivity index (χ1n) is 5.68. The van der Waals surface area contributed by atoms with Crippen molar-refractivity contribution in [1.29, 1.82) is 0 Å². The van der Waals surface area contributed by atoms with Crippen LogP contribution < -0.4 is 5.11 Å². The second-order valence-electron chi connectivity index (χ2n) is 5.66. The van der Waals surface area contributed by atoms with Crippen LogP contribution in [0.3, 0.4) is 0 Å². The fourth-order valence-corrected chi connectivity index (χ4v) is 3.91. The lowest BCUT2D eigenvalue weighted by atomic mass is 9.80. The Kier molecular flexibility index (Phi) is 2.90. The topological polar surface area (TPSA) is 69.6 Å². The molecule has 0 bridgehead atoms. The molecule has 6 heteroatoms. The molecule has 0 unspecified atom stereocenters. The fraction of sp³-hybridized carbons (Fsp3) is 0.818. The summed E-state index contributed by atoms with van der Waals surface area (Å²) in [5.41, 5.74) is 0.115. The third-order valence-corrected chi connectivity index (χ3v) is 4.95. The van der Waals surface area contributed by atoms with E-state index in [1.165, 1.54) is 0 Å². The molecular weight excluding hydrogens is 262 g/mol. The van der Waals surface area contributed by atoms with E-state index in [1.807, 2.05) is 6.92 Å². The molecule has 0 amide bonds. The Balaban J connectivity index is 2.28. The lowest BCUT2D eigenvalue weighted by molar-refractivity contribution is -0.224. The van der Waals surface area contributed by atoms with E-state index in [4.69, 9.17) is 10.7 Å². The maximum atomic E-state index is 11.9. The predicted octanol–water partition coefficient (Wildman–Crippen LogP) is 1.51. The van der Waals surface area contributed by atoms with Gasteiger partial charge in [-0.05, 0) is 17.8 Å². The molecule has 2 aliphatic carbocycles. The molecule has 0 N–H and O–H groups in total. The molecule has 0 aliphatic heterocycles. The molecular formula is C11H16ClNO3S. The smallest absolute Gasteiger partial charge is 0.339 e. The summed E-state index contributed by atoms with van der Waals surface area (Å²) < 4.78 is 24.8. The van der Waals surface area contributed by atoms with Gasteiger partial charge in [0.25, 0.3) is 0 Å². The Labute approximate surface area is 107 Å². The van der Waals surface area contributed by atoms with Gasteiger partial charge in [0.05, 0.1) is 19.3 Å². The first-order chi connectivity index (χ1) is 7.64. The van der Waals surface area contributed by atoms with Crippen LogP contribution in [0.5, 0.6) is 0 Å². The standard InChI is InChI=1S/C11H16ClNO3S/c1-6-4-5-7-9(11(7,2)3)8(6)10(14)13-17(12,15)16/h7-9H,4-5H2,1-3H3/t7-,8-,9-/m1/s1. The molecule has 2 rings (SSSR count). The van der Waals surface area contributed by atoms with Crippen molar-refractivity contribution in [2.24, 2.45) is 27.6 Å². The lowest BCUT2D eigenvalue weighted by Crippen LogP contribution is -2.36.